The molecule has 100 valence electrons. The van der Waals surface area contributed by atoms with E-state index >= 15 is 0 Å². The van der Waals surface area contributed by atoms with Gasteiger partial charge in [-0.2, -0.15) is 0 Å². The van der Waals surface area contributed by atoms with Crippen LogP contribution in [0.25, 0.3) is 0 Å². The van der Waals surface area contributed by atoms with Crippen molar-refractivity contribution in [3.05, 3.63) is 17.2 Å². The summed E-state index contributed by atoms with van der Waals surface area (Å²) in [7, 11) is -2.94. The molecule has 1 aromatic carbocycles. The zero-order valence-corrected chi connectivity index (χ0v) is 12.2. The molecule has 0 saturated carbocycles. The van der Waals surface area contributed by atoms with Crippen LogP contribution in [0.3, 0.4) is 0 Å². The van der Waals surface area contributed by atoms with E-state index in [-0.39, 0.29) is 5.75 Å². The Kier molecular flexibility index (Phi) is 4.29. The molecule has 0 atom stereocenters. The third kappa shape index (κ3) is 3.70. The quantitative estimate of drug-likeness (QED) is 0.799. The van der Waals surface area contributed by atoms with Gasteiger partial charge in [-0.15, -0.1) is 11.8 Å². The van der Waals surface area contributed by atoms with Gasteiger partial charge in [0.25, 0.3) is 0 Å². The smallest absolute Gasteiger partial charge is 0.162 e. The summed E-state index contributed by atoms with van der Waals surface area (Å²) < 4.78 is 33.0. The molecule has 0 N–H and O–H groups in total. The van der Waals surface area contributed by atoms with Gasteiger partial charge in [0.05, 0.1) is 10.8 Å². The number of rotatable bonds is 4. The molecule has 0 radical (unpaired) electrons. The molecule has 0 amide bonds. The molecule has 4 nitrogen and oxygen atoms in total. The van der Waals surface area contributed by atoms with Crippen molar-refractivity contribution in [2.75, 3.05) is 31.0 Å². The van der Waals surface area contributed by atoms with Crippen LogP contribution in [0.1, 0.15) is 0 Å². The maximum atomic E-state index is 11.0. The zero-order chi connectivity index (χ0) is 13.2. The molecule has 0 saturated heterocycles. The van der Waals surface area contributed by atoms with E-state index in [2.05, 4.69) is 0 Å². The van der Waals surface area contributed by atoms with Crippen LogP contribution in [0.5, 0.6) is 11.5 Å². The van der Waals surface area contributed by atoms with E-state index in [4.69, 9.17) is 21.1 Å². The van der Waals surface area contributed by atoms with Gasteiger partial charge < -0.3 is 9.47 Å². The molecular formula is C11H13ClO4S2. The number of ether oxygens (including phenoxy) is 2. The fraction of sp³-hybridized carbons (Fsp3) is 0.455. The van der Waals surface area contributed by atoms with Gasteiger partial charge >= 0.3 is 0 Å². The monoisotopic (exact) mass is 308 g/mol. The molecule has 0 fully saturated rings. The number of hydrogen-bond donors (Lipinski definition) is 0. The lowest BCUT2D eigenvalue weighted by Crippen LogP contribution is -2.15. The van der Waals surface area contributed by atoms with Crippen LogP contribution in [-0.2, 0) is 9.84 Å². The topological polar surface area (TPSA) is 52.6 Å². The normalized spacial score (nSPS) is 14.6. The van der Waals surface area contributed by atoms with Crippen LogP contribution in [-0.4, -0.2) is 39.4 Å². The van der Waals surface area contributed by atoms with Crippen molar-refractivity contribution in [2.24, 2.45) is 0 Å². The van der Waals surface area contributed by atoms with Gasteiger partial charge in [-0.1, -0.05) is 11.6 Å². The van der Waals surface area contributed by atoms with Gasteiger partial charge in [-0.25, -0.2) is 8.42 Å². The third-order valence-corrected chi connectivity index (χ3v) is 4.99. The van der Waals surface area contributed by atoms with Crippen LogP contribution in [0.4, 0.5) is 0 Å². The predicted octanol–water partition coefficient (Wildman–Crippen LogP) is 2.25. The molecule has 0 unspecified atom stereocenters. The SMILES string of the molecule is CS(=O)(=O)CCSc1cc2c(cc1Cl)OCCO2. The second-order valence-corrected chi connectivity index (χ2v) is 7.71. The molecule has 1 aliphatic rings. The molecule has 0 aromatic heterocycles. The minimum atomic E-state index is -2.94. The Morgan fingerprint density at radius 1 is 1.28 bits per heavy atom. The minimum Gasteiger partial charge on any atom is -0.486 e. The fourth-order valence-electron chi connectivity index (χ4n) is 1.46. The van der Waals surface area contributed by atoms with E-state index in [9.17, 15) is 8.42 Å². The Morgan fingerprint density at radius 2 is 1.89 bits per heavy atom. The van der Waals surface area contributed by atoms with E-state index < -0.39 is 9.84 Å². The first-order valence-corrected chi connectivity index (χ1v) is 8.78. The first kappa shape index (κ1) is 13.8. The number of thioether (sulfide) groups is 1. The third-order valence-electron chi connectivity index (χ3n) is 2.31. The second-order valence-electron chi connectivity index (χ2n) is 3.90. The highest BCUT2D eigenvalue weighted by Gasteiger charge is 2.15. The highest BCUT2D eigenvalue weighted by Crippen LogP contribution is 2.39. The van der Waals surface area contributed by atoms with E-state index in [1.807, 2.05) is 0 Å². The molecule has 0 spiro atoms. The van der Waals surface area contributed by atoms with E-state index in [0.717, 1.165) is 4.90 Å². The van der Waals surface area contributed by atoms with Crippen LogP contribution in [0.2, 0.25) is 5.02 Å². The number of sulfone groups is 1. The fourth-order valence-corrected chi connectivity index (χ4v) is 3.93. The number of hydrogen-bond acceptors (Lipinski definition) is 5. The highest BCUT2D eigenvalue weighted by molar-refractivity contribution is 8.00. The Labute approximate surface area is 116 Å². The summed E-state index contributed by atoms with van der Waals surface area (Å²) in [5, 5.41) is 0.553. The van der Waals surface area contributed by atoms with Gasteiger partial charge in [0.2, 0.25) is 0 Å². The van der Waals surface area contributed by atoms with Crippen molar-refractivity contribution in [2.45, 2.75) is 4.90 Å². The maximum Gasteiger partial charge on any atom is 0.162 e. The van der Waals surface area contributed by atoms with Gasteiger partial charge in [-0.05, 0) is 6.07 Å². The Morgan fingerprint density at radius 3 is 2.50 bits per heavy atom. The first-order valence-electron chi connectivity index (χ1n) is 5.35. The lowest BCUT2D eigenvalue weighted by atomic mass is 10.3. The van der Waals surface area contributed by atoms with Gasteiger partial charge in [0, 0.05) is 23.0 Å². The van der Waals surface area contributed by atoms with Crippen LogP contribution < -0.4 is 9.47 Å². The Balaban J connectivity index is 2.09. The number of benzene rings is 1. The predicted molar refractivity (Wildman–Crippen MR) is 72.9 cm³/mol. The summed E-state index contributed by atoms with van der Waals surface area (Å²) in [4.78, 5) is 0.810. The average molecular weight is 309 g/mol. The summed E-state index contributed by atoms with van der Waals surface area (Å²) in [6.45, 7) is 1.03. The molecular weight excluding hydrogens is 296 g/mol. The standard InChI is InChI=1S/C11H13ClO4S2/c1-18(13,14)5-4-17-11-7-10-9(6-8(11)12)15-2-3-16-10/h6-7H,2-5H2,1H3. The van der Waals surface area contributed by atoms with E-state index in [1.54, 1.807) is 12.1 Å². The molecule has 2 rings (SSSR count). The Hall–Kier alpha value is -0.590. The van der Waals surface area contributed by atoms with Gasteiger partial charge in [0.1, 0.15) is 23.1 Å². The second kappa shape index (κ2) is 5.59. The summed E-state index contributed by atoms with van der Waals surface area (Å²) in [5.74, 6) is 1.90. The van der Waals surface area contributed by atoms with E-state index in [0.29, 0.717) is 35.5 Å². The van der Waals surface area contributed by atoms with Crippen molar-refractivity contribution < 1.29 is 17.9 Å². The van der Waals surface area contributed by atoms with Crippen molar-refractivity contribution in [3.8, 4) is 11.5 Å². The largest absolute Gasteiger partial charge is 0.486 e. The lowest BCUT2D eigenvalue weighted by Gasteiger charge is -2.19. The maximum absolute atomic E-state index is 11.0. The molecule has 1 aliphatic heterocycles. The Bertz CT molecular complexity index is 542. The van der Waals surface area contributed by atoms with Crippen molar-refractivity contribution >= 4 is 33.2 Å². The van der Waals surface area contributed by atoms with Gasteiger partial charge in [-0.3, -0.25) is 0 Å². The molecule has 18 heavy (non-hydrogen) atoms. The summed E-state index contributed by atoms with van der Waals surface area (Å²) in [6, 6.07) is 3.50. The number of halogens is 1. The highest BCUT2D eigenvalue weighted by atomic mass is 35.5. The molecule has 1 aromatic rings. The lowest BCUT2D eigenvalue weighted by molar-refractivity contribution is 0.171. The molecule has 1 heterocycles. The zero-order valence-electron chi connectivity index (χ0n) is 9.81. The summed E-state index contributed by atoms with van der Waals surface area (Å²) in [5.41, 5.74) is 0. The summed E-state index contributed by atoms with van der Waals surface area (Å²) >= 11 is 7.51. The number of fused-ring (bicyclic) bond motifs is 1. The molecule has 7 heteroatoms. The first-order chi connectivity index (χ1) is 8.46. The van der Waals surface area contributed by atoms with Gasteiger partial charge in [0.15, 0.2) is 11.5 Å². The average Bonchev–Trinajstić information content (AvgIpc) is 2.28. The molecule has 0 aliphatic carbocycles. The van der Waals surface area contributed by atoms with Crippen molar-refractivity contribution in [3.63, 3.8) is 0 Å². The van der Waals surface area contributed by atoms with Crippen molar-refractivity contribution in [1.82, 2.24) is 0 Å². The van der Waals surface area contributed by atoms with Crippen LogP contribution >= 0.6 is 23.4 Å². The van der Waals surface area contributed by atoms with Crippen LogP contribution in [0.15, 0.2) is 17.0 Å². The van der Waals surface area contributed by atoms with Crippen LogP contribution in [0, 0.1) is 0 Å². The van der Waals surface area contributed by atoms with Crippen molar-refractivity contribution in [1.29, 1.82) is 0 Å². The van der Waals surface area contributed by atoms with E-state index in [1.165, 1.54) is 18.0 Å². The summed E-state index contributed by atoms with van der Waals surface area (Å²) in [6.07, 6.45) is 1.22. The molecule has 0 bridgehead atoms. The minimum absolute atomic E-state index is 0.127.